The molecular formula is C14H16N2O4. The van der Waals surface area contributed by atoms with Crippen LogP contribution in [0.1, 0.15) is 21.6 Å². The number of hydrogen-bond acceptors (Lipinski definition) is 5. The molecule has 1 heterocycles. The van der Waals surface area contributed by atoms with Gasteiger partial charge in [0.25, 0.3) is 0 Å². The number of phenols is 1. The lowest BCUT2D eigenvalue weighted by molar-refractivity contribution is 0.0686. The number of aromatic hydroxyl groups is 1. The minimum atomic E-state index is -1.14. The number of hydrogen-bond donors (Lipinski definition) is 2. The van der Waals surface area contributed by atoms with Crippen LogP contribution in [-0.2, 0) is 6.54 Å². The van der Waals surface area contributed by atoms with E-state index in [4.69, 9.17) is 9.63 Å². The normalized spacial score (nSPS) is 11.0. The van der Waals surface area contributed by atoms with Gasteiger partial charge >= 0.3 is 5.97 Å². The first-order valence-corrected chi connectivity index (χ1v) is 6.06. The van der Waals surface area contributed by atoms with Gasteiger partial charge in [-0.15, -0.1) is 0 Å². The molecular weight excluding hydrogens is 260 g/mol. The van der Waals surface area contributed by atoms with Crippen LogP contribution in [0, 0.1) is 6.92 Å². The van der Waals surface area contributed by atoms with Crippen molar-refractivity contribution in [1.82, 2.24) is 10.1 Å². The van der Waals surface area contributed by atoms with Gasteiger partial charge in [0.1, 0.15) is 5.75 Å². The smallest absolute Gasteiger partial charge is 0.358 e. The van der Waals surface area contributed by atoms with E-state index in [2.05, 4.69) is 5.16 Å². The maximum Gasteiger partial charge on any atom is 0.358 e. The third-order valence-electron chi connectivity index (χ3n) is 2.88. The molecule has 6 nitrogen and oxygen atoms in total. The molecule has 0 saturated carbocycles. The van der Waals surface area contributed by atoms with E-state index in [-0.39, 0.29) is 11.4 Å². The Bertz CT molecular complexity index is 647. The Kier molecular flexibility index (Phi) is 3.76. The molecule has 2 aromatic rings. The predicted molar refractivity (Wildman–Crippen MR) is 72.7 cm³/mol. The Morgan fingerprint density at radius 3 is 2.60 bits per heavy atom. The zero-order valence-corrected chi connectivity index (χ0v) is 11.5. The maximum atomic E-state index is 10.8. The Balaban J connectivity index is 2.45. The lowest BCUT2D eigenvalue weighted by atomic mass is 10.0. The van der Waals surface area contributed by atoms with Crippen molar-refractivity contribution in [3.63, 3.8) is 0 Å². The number of carboxylic acid groups (broad SMARTS) is 1. The van der Waals surface area contributed by atoms with Gasteiger partial charge in [0.2, 0.25) is 0 Å². The standard InChI is InChI=1S/C14H16N2O4/c1-8-4-9(5-10(13(8)17)7-16(2)3)12-6-11(14(18)19)15-20-12/h4-6,17H,7H2,1-3H3,(H,18,19). The number of aryl methyl sites for hydroxylation is 1. The summed E-state index contributed by atoms with van der Waals surface area (Å²) >= 11 is 0. The highest BCUT2D eigenvalue weighted by Gasteiger charge is 2.15. The minimum absolute atomic E-state index is 0.139. The molecule has 0 bridgehead atoms. The van der Waals surface area contributed by atoms with Crippen LogP contribution in [-0.4, -0.2) is 40.3 Å². The van der Waals surface area contributed by atoms with Gasteiger partial charge in [-0.25, -0.2) is 4.79 Å². The average Bonchev–Trinajstić information content (AvgIpc) is 2.83. The molecule has 0 atom stereocenters. The van der Waals surface area contributed by atoms with E-state index in [1.54, 1.807) is 19.1 Å². The molecule has 0 unspecified atom stereocenters. The number of aromatic carboxylic acids is 1. The van der Waals surface area contributed by atoms with Crippen LogP contribution in [0.3, 0.4) is 0 Å². The van der Waals surface area contributed by atoms with E-state index in [0.29, 0.717) is 23.4 Å². The SMILES string of the molecule is Cc1cc(-c2cc(C(=O)O)no2)cc(CN(C)C)c1O. The summed E-state index contributed by atoms with van der Waals surface area (Å²) in [7, 11) is 3.80. The summed E-state index contributed by atoms with van der Waals surface area (Å²) in [5.41, 5.74) is 2.00. The molecule has 1 aromatic carbocycles. The lowest BCUT2D eigenvalue weighted by Crippen LogP contribution is -2.11. The quantitative estimate of drug-likeness (QED) is 0.889. The zero-order valence-electron chi connectivity index (χ0n) is 11.5. The first-order chi connectivity index (χ1) is 9.38. The van der Waals surface area contributed by atoms with E-state index < -0.39 is 5.97 Å². The van der Waals surface area contributed by atoms with Crippen LogP contribution >= 0.6 is 0 Å². The highest BCUT2D eigenvalue weighted by molar-refractivity contribution is 5.86. The van der Waals surface area contributed by atoms with E-state index in [0.717, 1.165) is 5.56 Å². The molecule has 0 saturated heterocycles. The molecule has 2 rings (SSSR count). The molecule has 106 valence electrons. The minimum Gasteiger partial charge on any atom is -0.507 e. The number of phenolic OH excluding ortho intramolecular Hbond substituents is 1. The first-order valence-electron chi connectivity index (χ1n) is 6.06. The fourth-order valence-electron chi connectivity index (χ4n) is 1.97. The van der Waals surface area contributed by atoms with Crippen LogP contribution < -0.4 is 0 Å². The second kappa shape index (κ2) is 5.34. The molecule has 6 heteroatoms. The van der Waals surface area contributed by atoms with E-state index in [1.807, 2.05) is 19.0 Å². The number of aromatic nitrogens is 1. The molecule has 0 aliphatic carbocycles. The summed E-state index contributed by atoms with van der Waals surface area (Å²) in [4.78, 5) is 12.7. The highest BCUT2D eigenvalue weighted by atomic mass is 16.5. The average molecular weight is 276 g/mol. The molecule has 0 radical (unpaired) electrons. The largest absolute Gasteiger partial charge is 0.507 e. The third kappa shape index (κ3) is 2.80. The summed E-state index contributed by atoms with van der Waals surface area (Å²) in [5.74, 6) is -0.532. The summed E-state index contributed by atoms with van der Waals surface area (Å²) in [6.07, 6.45) is 0. The molecule has 0 fully saturated rings. The van der Waals surface area contributed by atoms with Gasteiger partial charge in [-0.05, 0) is 38.7 Å². The van der Waals surface area contributed by atoms with Gasteiger partial charge in [-0.3, -0.25) is 0 Å². The van der Waals surface area contributed by atoms with Gasteiger partial charge in [-0.1, -0.05) is 5.16 Å². The van der Waals surface area contributed by atoms with Gasteiger partial charge in [0.05, 0.1) is 0 Å². The molecule has 0 aliphatic heterocycles. The highest BCUT2D eigenvalue weighted by Crippen LogP contribution is 2.30. The number of rotatable bonds is 4. The van der Waals surface area contributed by atoms with Crippen molar-refractivity contribution in [2.45, 2.75) is 13.5 Å². The second-order valence-corrected chi connectivity index (χ2v) is 4.92. The van der Waals surface area contributed by atoms with E-state index in [9.17, 15) is 9.90 Å². The summed E-state index contributed by atoms with van der Waals surface area (Å²) in [5, 5.41) is 22.4. The molecule has 0 spiro atoms. The van der Waals surface area contributed by atoms with E-state index in [1.165, 1.54) is 6.07 Å². The maximum absolute atomic E-state index is 10.8. The molecule has 20 heavy (non-hydrogen) atoms. The topological polar surface area (TPSA) is 86.8 Å². The van der Waals surface area contributed by atoms with Crippen molar-refractivity contribution in [3.8, 4) is 17.1 Å². The predicted octanol–water partition coefficient (Wildman–Crippen LogP) is 2.12. The van der Waals surface area contributed by atoms with Crippen LogP contribution in [0.2, 0.25) is 0 Å². The van der Waals surface area contributed by atoms with Gasteiger partial charge in [0.15, 0.2) is 11.5 Å². The van der Waals surface area contributed by atoms with Gasteiger partial charge in [-0.2, -0.15) is 0 Å². The van der Waals surface area contributed by atoms with Gasteiger partial charge in [0, 0.05) is 23.7 Å². The number of nitrogens with zero attached hydrogens (tertiary/aromatic N) is 2. The molecule has 0 amide bonds. The Morgan fingerprint density at radius 2 is 2.05 bits per heavy atom. The number of benzene rings is 1. The fourth-order valence-corrected chi connectivity index (χ4v) is 1.97. The van der Waals surface area contributed by atoms with Crippen molar-refractivity contribution < 1.29 is 19.5 Å². The second-order valence-electron chi connectivity index (χ2n) is 4.92. The Morgan fingerprint density at radius 1 is 1.35 bits per heavy atom. The fraction of sp³-hybridized carbons (Fsp3) is 0.286. The van der Waals surface area contributed by atoms with Crippen molar-refractivity contribution in [2.75, 3.05) is 14.1 Å². The van der Waals surface area contributed by atoms with Crippen molar-refractivity contribution in [3.05, 3.63) is 35.0 Å². The van der Waals surface area contributed by atoms with Crippen LogP contribution in [0.5, 0.6) is 5.75 Å². The molecule has 2 N–H and O–H groups in total. The molecule has 1 aromatic heterocycles. The number of carboxylic acids is 1. The lowest BCUT2D eigenvalue weighted by Gasteiger charge is -2.13. The van der Waals surface area contributed by atoms with Crippen LogP contribution in [0.25, 0.3) is 11.3 Å². The summed E-state index contributed by atoms with van der Waals surface area (Å²) < 4.78 is 5.04. The first kappa shape index (κ1) is 14.1. The van der Waals surface area contributed by atoms with E-state index >= 15 is 0 Å². The monoisotopic (exact) mass is 276 g/mol. The molecule has 0 aliphatic rings. The summed E-state index contributed by atoms with van der Waals surface area (Å²) in [6, 6.07) is 4.88. The van der Waals surface area contributed by atoms with Crippen LogP contribution in [0.15, 0.2) is 22.7 Å². The zero-order chi connectivity index (χ0) is 14.9. The van der Waals surface area contributed by atoms with Crippen molar-refractivity contribution in [2.24, 2.45) is 0 Å². The Hall–Kier alpha value is -2.34. The number of carbonyl (C=O) groups is 1. The van der Waals surface area contributed by atoms with Gasteiger partial charge < -0.3 is 19.6 Å². The third-order valence-corrected chi connectivity index (χ3v) is 2.88. The summed E-state index contributed by atoms with van der Waals surface area (Å²) in [6.45, 7) is 2.35. The Labute approximate surface area is 116 Å². The van der Waals surface area contributed by atoms with Crippen molar-refractivity contribution in [1.29, 1.82) is 0 Å². The van der Waals surface area contributed by atoms with Crippen LogP contribution in [0.4, 0.5) is 0 Å². The van der Waals surface area contributed by atoms with Crippen molar-refractivity contribution >= 4 is 5.97 Å².